The molecule has 1 aromatic heterocycles. The van der Waals surface area contributed by atoms with Crippen LogP contribution in [0.25, 0.3) is 0 Å². The van der Waals surface area contributed by atoms with E-state index in [4.69, 9.17) is 5.73 Å². The Hall–Kier alpha value is -0.640. The van der Waals surface area contributed by atoms with E-state index >= 15 is 0 Å². The van der Waals surface area contributed by atoms with Gasteiger partial charge >= 0.3 is 0 Å². The summed E-state index contributed by atoms with van der Waals surface area (Å²) in [5.41, 5.74) is 6.67. The van der Waals surface area contributed by atoms with E-state index < -0.39 is 0 Å². The van der Waals surface area contributed by atoms with Crippen molar-refractivity contribution in [2.75, 3.05) is 17.2 Å². The largest absolute Gasteiger partial charge is 0.369 e. The van der Waals surface area contributed by atoms with Gasteiger partial charge in [0.05, 0.1) is 6.20 Å². The number of rotatable bonds is 1. The number of thioether (sulfide) groups is 1. The second-order valence-electron chi connectivity index (χ2n) is 2.78. The van der Waals surface area contributed by atoms with Gasteiger partial charge in [0.15, 0.2) is 5.95 Å². The highest BCUT2D eigenvalue weighted by Gasteiger charge is 2.18. The number of anilines is 1. The van der Waals surface area contributed by atoms with Gasteiger partial charge in [-0.3, -0.25) is 0 Å². The van der Waals surface area contributed by atoms with Crippen LogP contribution in [0.5, 0.6) is 0 Å². The van der Waals surface area contributed by atoms with Crippen LogP contribution in [0.4, 0.5) is 5.95 Å². The molecule has 60 valence electrons. The van der Waals surface area contributed by atoms with Crippen molar-refractivity contribution < 1.29 is 0 Å². The fraction of sp³-hybridized carbons (Fsp3) is 0.571. The molecule has 3 nitrogen and oxygen atoms in total. The average Bonchev–Trinajstić information content (AvgIpc) is 2.55. The van der Waals surface area contributed by atoms with Gasteiger partial charge in [-0.2, -0.15) is 11.8 Å². The van der Waals surface area contributed by atoms with Crippen molar-refractivity contribution in [1.29, 1.82) is 0 Å². The number of imidazole rings is 1. The van der Waals surface area contributed by atoms with Crippen molar-refractivity contribution >= 4 is 17.7 Å². The fourth-order valence-corrected chi connectivity index (χ4v) is 2.59. The molecular weight excluding hydrogens is 158 g/mol. The fourth-order valence-electron chi connectivity index (χ4n) is 1.34. The number of H-pyrrole nitrogens is 1. The van der Waals surface area contributed by atoms with E-state index in [1.54, 1.807) is 0 Å². The zero-order chi connectivity index (χ0) is 7.68. The molecule has 1 aromatic rings. The molecule has 0 amide bonds. The Morgan fingerprint density at radius 1 is 1.73 bits per heavy atom. The number of aromatic amines is 1. The Morgan fingerprint density at radius 3 is 3.18 bits per heavy atom. The number of hydrogen-bond acceptors (Lipinski definition) is 3. The number of nitrogens with one attached hydrogen (secondary N) is 1. The maximum absolute atomic E-state index is 5.47. The highest BCUT2D eigenvalue weighted by molar-refractivity contribution is 7.99. The molecule has 1 unspecified atom stereocenters. The molecule has 2 heterocycles. The van der Waals surface area contributed by atoms with Crippen LogP contribution < -0.4 is 5.73 Å². The minimum absolute atomic E-state index is 0.539. The Kier molecular flexibility index (Phi) is 1.77. The lowest BCUT2D eigenvalue weighted by Gasteiger charge is -2.02. The van der Waals surface area contributed by atoms with Gasteiger partial charge in [-0.05, 0) is 12.2 Å². The van der Waals surface area contributed by atoms with Crippen molar-refractivity contribution in [3.8, 4) is 0 Å². The molecule has 1 aliphatic heterocycles. The zero-order valence-electron chi connectivity index (χ0n) is 6.21. The predicted molar refractivity (Wildman–Crippen MR) is 47.7 cm³/mol. The summed E-state index contributed by atoms with van der Waals surface area (Å²) < 4.78 is 0. The van der Waals surface area contributed by atoms with Gasteiger partial charge in [-0.25, -0.2) is 4.98 Å². The smallest absolute Gasteiger partial charge is 0.197 e. The van der Waals surface area contributed by atoms with Crippen LogP contribution in [0.1, 0.15) is 18.0 Å². The van der Waals surface area contributed by atoms with Gasteiger partial charge in [-0.1, -0.05) is 0 Å². The van der Waals surface area contributed by atoms with Crippen LogP contribution in [0.3, 0.4) is 0 Å². The van der Waals surface area contributed by atoms with E-state index in [9.17, 15) is 0 Å². The van der Waals surface area contributed by atoms with Crippen molar-refractivity contribution in [2.24, 2.45) is 0 Å². The molecule has 0 aromatic carbocycles. The Bertz CT molecular complexity index is 240. The summed E-state index contributed by atoms with van der Waals surface area (Å²) in [7, 11) is 0. The highest BCUT2D eigenvalue weighted by Crippen LogP contribution is 2.31. The first-order valence-electron chi connectivity index (χ1n) is 3.74. The molecule has 1 atom stereocenters. The molecule has 0 aliphatic carbocycles. The first kappa shape index (κ1) is 7.03. The van der Waals surface area contributed by atoms with Crippen molar-refractivity contribution in [3.05, 3.63) is 11.9 Å². The van der Waals surface area contributed by atoms with E-state index in [0.717, 1.165) is 0 Å². The van der Waals surface area contributed by atoms with E-state index in [2.05, 4.69) is 9.97 Å². The van der Waals surface area contributed by atoms with Gasteiger partial charge in [0.2, 0.25) is 0 Å². The lowest BCUT2D eigenvalue weighted by molar-refractivity contribution is 0.759. The molecule has 0 bridgehead atoms. The van der Waals surface area contributed by atoms with Crippen LogP contribution in [0.15, 0.2) is 6.20 Å². The molecule has 1 saturated heterocycles. The molecule has 2 rings (SSSR count). The van der Waals surface area contributed by atoms with E-state index in [1.807, 2.05) is 18.0 Å². The minimum atomic E-state index is 0.539. The second-order valence-corrected chi connectivity index (χ2v) is 3.93. The second kappa shape index (κ2) is 2.77. The molecular formula is C7H11N3S. The highest BCUT2D eigenvalue weighted by atomic mass is 32.2. The number of nitrogens with two attached hydrogens (primary N) is 1. The first-order valence-corrected chi connectivity index (χ1v) is 4.90. The van der Waals surface area contributed by atoms with Crippen molar-refractivity contribution in [2.45, 2.75) is 12.3 Å². The predicted octanol–water partition coefficient (Wildman–Crippen LogP) is 1.21. The molecule has 1 aliphatic rings. The summed E-state index contributed by atoms with van der Waals surface area (Å²) in [6.07, 6.45) is 3.11. The number of aromatic nitrogens is 2. The first-order chi connectivity index (χ1) is 5.36. The lowest BCUT2D eigenvalue weighted by atomic mass is 10.1. The van der Waals surface area contributed by atoms with Gasteiger partial charge in [-0.15, -0.1) is 0 Å². The quantitative estimate of drug-likeness (QED) is 0.664. The lowest BCUT2D eigenvalue weighted by Crippen LogP contribution is -1.96. The standard InChI is InChI=1S/C7H11N3S/c8-7-9-3-6(10-7)5-1-2-11-4-5/h3,5H,1-2,4H2,(H3,8,9,10). The van der Waals surface area contributed by atoms with E-state index in [1.165, 1.54) is 23.6 Å². The maximum atomic E-state index is 5.47. The van der Waals surface area contributed by atoms with Crippen molar-refractivity contribution in [3.63, 3.8) is 0 Å². The topological polar surface area (TPSA) is 54.7 Å². The summed E-state index contributed by atoms with van der Waals surface area (Å²) in [6, 6.07) is 0. The molecule has 4 heteroatoms. The Morgan fingerprint density at radius 2 is 2.64 bits per heavy atom. The van der Waals surface area contributed by atoms with Gasteiger partial charge in [0, 0.05) is 17.4 Å². The van der Waals surface area contributed by atoms with E-state index in [0.29, 0.717) is 11.9 Å². The summed E-state index contributed by atoms with van der Waals surface area (Å²) in [5.74, 6) is 3.67. The number of nitrogen functional groups attached to an aromatic ring is 1. The normalized spacial score (nSPS) is 24.2. The van der Waals surface area contributed by atoms with Crippen LogP contribution in [-0.4, -0.2) is 21.5 Å². The Balaban J connectivity index is 2.15. The van der Waals surface area contributed by atoms with Crippen LogP contribution in [-0.2, 0) is 0 Å². The molecule has 0 radical (unpaired) electrons. The van der Waals surface area contributed by atoms with Crippen molar-refractivity contribution in [1.82, 2.24) is 9.97 Å². The molecule has 0 saturated carbocycles. The number of nitrogens with zero attached hydrogens (tertiary/aromatic N) is 1. The van der Waals surface area contributed by atoms with Crippen LogP contribution >= 0.6 is 11.8 Å². The molecule has 3 N–H and O–H groups in total. The third-order valence-corrected chi connectivity index (χ3v) is 3.15. The van der Waals surface area contributed by atoms with Gasteiger partial charge in [0.1, 0.15) is 0 Å². The number of hydrogen-bond donors (Lipinski definition) is 2. The minimum Gasteiger partial charge on any atom is -0.369 e. The maximum Gasteiger partial charge on any atom is 0.197 e. The van der Waals surface area contributed by atoms with Crippen LogP contribution in [0.2, 0.25) is 0 Å². The molecule has 0 spiro atoms. The SMILES string of the molecule is Nc1ncc(C2CCSC2)[nH]1. The summed E-state index contributed by atoms with van der Waals surface area (Å²) in [4.78, 5) is 7.05. The third-order valence-electron chi connectivity index (χ3n) is 1.98. The summed E-state index contributed by atoms with van der Waals surface area (Å²) >= 11 is 2.00. The Labute approximate surface area is 69.8 Å². The molecule has 11 heavy (non-hydrogen) atoms. The van der Waals surface area contributed by atoms with Crippen LogP contribution in [0, 0.1) is 0 Å². The molecule has 1 fully saturated rings. The summed E-state index contributed by atoms with van der Waals surface area (Å²) in [6.45, 7) is 0. The monoisotopic (exact) mass is 169 g/mol. The van der Waals surface area contributed by atoms with Gasteiger partial charge < -0.3 is 10.7 Å². The summed E-state index contributed by atoms with van der Waals surface area (Å²) in [5, 5.41) is 0. The van der Waals surface area contributed by atoms with Gasteiger partial charge in [0.25, 0.3) is 0 Å². The third kappa shape index (κ3) is 1.35. The van der Waals surface area contributed by atoms with E-state index in [-0.39, 0.29) is 0 Å². The zero-order valence-corrected chi connectivity index (χ0v) is 7.03. The average molecular weight is 169 g/mol.